The Morgan fingerprint density at radius 2 is 1.61 bits per heavy atom. The summed E-state index contributed by atoms with van der Waals surface area (Å²) in [6.45, 7) is 7.34. The summed E-state index contributed by atoms with van der Waals surface area (Å²) in [4.78, 5) is 21.9. The molecule has 0 radical (unpaired) electrons. The summed E-state index contributed by atoms with van der Waals surface area (Å²) >= 11 is 1.46. The number of aromatic nitrogens is 2. The number of carbonyl (C=O) groups is 1. The number of hydrogen-bond acceptors (Lipinski definition) is 5. The second-order valence-electron chi connectivity index (χ2n) is 8.94. The predicted octanol–water partition coefficient (Wildman–Crippen LogP) is 5.52. The van der Waals surface area contributed by atoms with Gasteiger partial charge in [-0.1, -0.05) is 68.1 Å². The lowest BCUT2D eigenvalue weighted by molar-refractivity contribution is 0.0746. The molecule has 1 aliphatic heterocycles. The van der Waals surface area contributed by atoms with E-state index in [-0.39, 0.29) is 5.91 Å². The molecule has 0 spiro atoms. The molecule has 1 saturated heterocycles. The Balaban J connectivity index is 1.27. The van der Waals surface area contributed by atoms with Crippen LogP contribution in [0.1, 0.15) is 65.5 Å². The smallest absolute Gasteiger partial charge is 0.253 e. The lowest BCUT2D eigenvalue weighted by atomic mass is 10.0. The van der Waals surface area contributed by atoms with Crippen LogP contribution in [-0.4, -0.2) is 46.3 Å². The molecular formula is C27H34N4OS. The summed E-state index contributed by atoms with van der Waals surface area (Å²) in [6, 6.07) is 16.7. The molecule has 0 unspecified atom stereocenters. The van der Waals surface area contributed by atoms with Crippen molar-refractivity contribution >= 4 is 22.6 Å². The van der Waals surface area contributed by atoms with Gasteiger partial charge in [-0.25, -0.2) is 4.98 Å². The monoisotopic (exact) mass is 462 g/mol. The van der Waals surface area contributed by atoms with Crippen molar-refractivity contribution in [3.8, 4) is 0 Å². The van der Waals surface area contributed by atoms with Crippen LogP contribution >= 0.6 is 11.5 Å². The van der Waals surface area contributed by atoms with Crippen molar-refractivity contribution in [2.45, 2.75) is 52.4 Å². The Bertz CT molecular complexity index is 1020. The van der Waals surface area contributed by atoms with Crippen molar-refractivity contribution in [3.05, 3.63) is 76.6 Å². The third kappa shape index (κ3) is 6.41. The van der Waals surface area contributed by atoms with Gasteiger partial charge in [0.2, 0.25) is 5.13 Å². The van der Waals surface area contributed by atoms with E-state index in [0.717, 1.165) is 42.5 Å². The number of rotatable bonds is 9. The number of anilines is 1. The molecule has 1 aromatic heterocycles. The van der Waals surface area contributed by atoms with Crippen LogP contribution in [0.3, 0.4) is 0 Å². The first kappa shape index (κ1) is 23.4. The van der Waals surface area contributed by atoms with E-state index in [0.29, 0.717) is 13.1 Å². The molecule has 174 valence electrons. The molecular weight excluding hydrogens is 428 g/mol. The first-order valence-electron chi connectivity index (χ1n) is 12.1. The second-order valence-corrected chi connectivity index (χ2v) is 9.67. The fraction of sp³-hybridized carbons (Fsp3) is 0.444. The van der Waals surface area contributed by atoms with Gasteiger partial charge in [-0.3, -0.25) is 4.79 Å². The van der Waals surface area contributed by atoms with E-state index >= 15 is 0 Å². The number of unbranched alkanes of at least 4 members (excludes halogenated alkanes) is 3. The number of benzene rings is 2. The zero-order valence-corrected chi connectivity index (χ0v) is 20.6. The minimum Gasteiger partial charge on any atom is -0.343 e. The Labute approximate surface area is 201 Å². The Kier molecular flexibility index (Phi) is 8.10. The number of piperazine rings is 1. The molecule has 4 rings (SSSR count). The molecule has 0 N–H and O–H groups in total. The second kappa shape index (κ2) is 11.4. The zero-order valence-electron chi connectivity index (χ0n) is 19.8. The highest BCUT2D eigenvalue weighted by atomic mass is 32.1. The maximum atomic E-state index is 13.0. The number of hydrogen-bond donors (Lipinski definition) is 0. The van der Waals surface area contributed by atoms with Crippen LogP contribution in [0.15, 0.2) is 48.5 Å². The van der Waals surface area contributed by atoms with E-state index in [4.69, 9.17) is 4.98 Å². The van der Waals surface area contributed by atoms with Crippen LogP contribution in [0.5, 0.6) is 0 Å². The Morgan fingerprint density at radius 1 is 0.909 bits per heavy atom. The molecule has 2 aromatic carbocycles. The maximum Gasteiger partial charge on any atom is 0.253 e. The maximum absolute atomic E-state index is 13.0. The van der Waals surface area contributed by atoms with Crippen LogP contribution in [0.25, 0.3) is 0 Å². The largest absolute Gasteiger partial charge is 0.343 e. The number of carbonyl (C=O) groups excluding carboxylic acids is 1. The van der Waals surface area contributed by atoms with Crippen molar-refractivity contribution in [1.82, 2.24) is 14.3 Å². The first-order chi connectivity index (χ1) is 16.1. The quantitative estimate of drug-likeness (QED) is 0.393. The number of nitrogens with zero attached hydrogens (tertiary/aromatic N) is 4. The molecule has 1 fully saturated rings. The van der Waals surface area contributed by atoms with Crippen LogP contribution < -0.4 is 4.90 Å². The van der Waals surface area contributed by atoms with Crippen LogP contribution in [0.2, 0.25) is 0 Å². The van der Waals surface area contributed by atoms with Crippen LogP contribution in [-0.2, 0) is 12.8 Å². The van der Waals surface area contributed by atoms with Gasteiger partial charge in [-0.15, -0.1) is 0 Å². The summed E-state index contributed by atoms with van der Waals surface area (Å²) < 4.78 is 4.56. The van der Waals surface area contributed by atoms with Gasteiger partial charge in [-0.05, 0) is 43.0 Å². The summed E-state index contributed by atoms with van der Waals surface area (Å²) in [5.41, 5.74) is 4.60. The molecule has 0 aliphatic carbocycles. The summed E-state index contributed by atoms with van der Waals surface area (Å²) in [5.74, 6) is 0.997. The van der Waals surface area contributed by atoms with E-state index in [9.17, 15) is 4.79 Å². The van der Waals surface area contributed by atoms with Gasteiger partial charge in [0.15, 0.2) is 0 Å². The average Bonchev–Trinajstić information content (AvgIpc) is 3.32. The van der Waals surface area contributed by atoms with Gasteiger partial charge < -0.3 is 9.80 Å². The van der Waals surface area contributed by atoms with Gasteiger partial charge in [0.1, 0.15) is 5.82 Å². The average molecular weight is 463 g/mol. The van der Waals surface area contributed by atoms with E-state index in [2.05, 4.69) is 59.5 Å². The lowest BCUT2D eigenvalue weighted by Crippen LogP contribution is -2.48. The molecule has 0 saturated carbocycles. The lowest BCUT2D eigenvalue weighted by Gasteiger charge is -2.34. The third-order valence-electron chi connectivity index (χ3n) is 6.30. The standard InChI is InChI=1S/C27H34N4OS/c1-3-4-5-6-7-22-12-14-24(15-13-22)26(32)30-16-18-31(19-17-30)27-28-25(29-33-27)20-23-10-8-21(2)9-11-23/h8-15H,3-7,16-20H2,1-2H3. The van der Waals surface area contributed by atoms with E-state index in [1.54, 1.807) is 0 Å². The fourth-order valence-corrected chi connectivity index (χ4v) is 4.92. The van der Waals surface area contributed by atoms with Gasteiger partial charge >= 0.3 is 0 Å². The van der Waals surface area contributed by atoms with E-state index in [1.807, 2.05) is 17.0 Å². The van der Waals surface area contributed by atoms with Crippen molar-refractivity contribution in [1.29, 1.82) is 0 Å². The highest BCUT2D eigenvalue weighted by Crippen LogP contribution is 2.21. The molecule has 2 heterocycles. The van der Waals surface area contributed by atoms with Crippen LogP contribution in [0, 0.1) is 6.92 Å². The number of amides is 1. The zero-order chi connectivity index (χ0) is 23.0. The molecule has 5 nitrogen and oxygen atoms in total. The highest BCUT2D eigenvalue weighted by molar-refractivity contribution is 7.09. The molecule has 0 bridgehead atoms. The summed E-state index contributed by atoms with van der Waals surface area (Å²) in [5, 5.41) is 0.955. The Morgan fingerprint density at radius 3 is 2.30 bits per heavy atom. The molecule has 0 atom stereocenters. The fourth-order valence-electron chi connectivity index (χ4n) is 4.19. The molecule has 1 amide bonds. The highest BCUT2D eigenvalue weighted by Gasteiger charge is 2.24. The first-order valence-corrected chi connectivity index (χ1v) is 12.9. The van der Waals surface area contributed by atoms with Gasteiger partial charge in [0.05, 0.1) is 0 Å². The van der Waals surface area contributed by atoms with Crippen molar-refractivity contribution < 1.29 is 4.79 Å². The number of aryl methyl sites for hydroxylation is 2. The topological polar surface area (TPSA) is 49.3 Å². The minimum absolute atomic E-state index is 0.129. The third-order valence-corrected chi connectivity index (χ3v) is 7.11. The van der Waals surface area contributed by atoms with Gasteiger partial charge in [0, 0.05) is 49.7 Å². The van der Waals surface area contributed by atoms with E-state index in [1.165, 1.54) is 53.9 Å². The van der Waals surface area contributed by atoms with Gasteiger partial charge in [-0.2, -0.15) is 4.37 Å². The molecule has 6 heteroatoms. The summed E-state index contributed by atoms with van der Waals surface area (Å²) in [7, 11) is 0. The van der Waals surface area contributed by atoms with Crippen molar-refractivity contribution in [2.75, 3.05) is 31.1 Å². The SMILES string of the molecule is CCCCCCc1ccc(C(=O)N2CCN(c3nc(Cc4ccc(C)cc4)ns3)CC2)cc1. The summed E-state index contributed by atoms with van der Waals surface area (Å²) in [6.07, 6.45) is 6.91. The van der Waals surface area contributed by atoms with Crippen molar-refractivity contribution in [2.24, 2.45) is 0 Å². The minimum atomic E-state index is 0.129. The van der Waals surface area contributed by atoms with Crippen molar-refractivity contribution in [3.63, 3.8) is 0 Å². The molecule has 3 aromatic rings. The normalized spacial score (nSPS) is 14.0. The van der Waals surface area contributed by atoms with E-state index < -0.39 is 0 Å². The molecule has 33 heavy (non-hydrogen) atoms. The van der Waals surface area contributed by atoms with Crippen LogP contribution in [0.4, 0.5) is 5.13 Å². The van der Waals surface area contributed by atoms with Gasteiger partial charge in [0.25, 0.3) is 5.91 Å². The molecule has 1 aliphatic rings. The predicted molar refractivity (Wildman–Crippen MR) is 136 cm³/mol. The Hall–Kier alpha value is -2.73.